The number of aryl methyl sites for hydroxylation is 1. The highest BCUT2D eigenvalue weighted by Gasteiger charge is 2.38. The second-order valence-electron chi connectivity index (χ2n) is 10.9. The molecule has 0 saturated carbocycles. The van der Waals surface area contributed by atoms with Crippen LogP contribution >= 0.6 is 24.0 Å². The van der Waals surface area contributed by atoms with Crippen molar-refractivity contribution >= 4 is 57.7 Å². The van der Waals surface area contributed by atoms with Gasteiger partial charge in [-0.05, 0) is 65.2 Å². The minimum Gasteiger partial charge on any atom is -0.481 e. The van der Waals surface area contributed by atoms with Crippen molar-refractivity contribution in [2.24, 2.45) is 0 Å². The van der Waals surface area contributed by atoms with Crippen molar-refractivity contribution in [1.29, 1.82) is 0 Å². The van der Waals surface area contributed by atoms with Crippen molar-refractivity contribution in [3.63, 3.8) is 0 Å². The summed E-state index contributed by atoms with van der Waals surface area (Å²) in [6.45, 7) is 15.8. The molecule has 9 nitrogen and oxygen atoms in total. The predicted molar refractivity (Wildman–Crippen MR) is 158 cm³/mol. The number of aromatic nitrogens is 2. The summed E-state index contributed by atoms with van der Waals surface area (Å²) in [5.74, 6) is -0.569. The fourth-order valence-electron chi connectivity index (χ4n) is 5.03. The van der Waals surface area contributed by atoms with Gasteiger partial charge < -0.3 is 15.7 Å². The number of hydrogen-bond acceptors (Lipinski definition) is 8. The third kappa shape index (κ3) is 7.09. The zero-order chi connectivity index (χ0) is 28.4. The molecule has 204 valence electrons. The number of rotatable bonds is 5. The van der Waals surface area contributed by atoms with E-state index in [-0.39, 0.29) is 28.6 Å². The summed E-state index contributed by atoms with van der Waals surface area (Å²) < 4.78 is 1.99. The monoisotopic (exact) mass is 557 g/mol. The largest absolute Gasteiger partial charge is 0.481 e. The van der Waals surface area contributed by atoms with Crippen LogP contribution < -0.4 is 16.2 Å². The van der Waals surface area contributed by atoms with E-state index in [4.69, 9.17) is 27.1 Å². The summed E-state index contributed by atoms with van der Waals surface area (Å²) in [5.41, 5.74) is 1.49. The first-order valence-corrected chi connectivity index (χ1v) is 13.5. The van der Waals surface area contributed by atoms with E-state index in [0.717, 1.165) is 25.3 Å². The third-order valence-electron chi connectivity index (χ3n) is 6.00. The SMILES string of the molecule is C=CCN1C(=O)/C(=C\c2c(NC3CC(C)(C)NC(C)(C)C3)nc3ccc(C)cn3c2=O)SC1=S.CC(=O)O. The highest BCUT2D eigenvalue weighted by Crippen LogP contribution is 2.34. The number of nitrogens with one attached hydrogen (secondary N) is 2. The molecule has 2 aromatic heterocycles. The lowest BCUT2D eigenvalue weighted by atomic mass is 9.79. The molecular formula is C27H35N5O4S2. The Bertz CT molecular complexity index is 1360. The molecular weight excluding hydrogens is 522 g/mol. The van der Waals surface area contributed by atoms with E-state index < -0.39 is 5.97 Å². The van der Waals surface area contributed by atoms with Crippen molar-refractivity contribution < 1.29 is 14.7 Å². The third-order valence-corrected chi connectivity index (χ3v) is 7.38. The fraction of sp³-hybridized carbons (Fsp3) is 0.444. The number of amides is 1. The second-order valence-corrected chi connectivity index (χ2v) is 12.5. The Morgan fingerprint density at radius 1 is 1.29 bits per heavy atom. The van der Waals surface area contributed by atoms with E-state index in [9.17, 15) is 9.59 Å². The van der Waals surface area contributed by atoms with E-state index in [0.29, 0.717) is 32.8 Å². The zero-order valence-corrected chi connectivity index (χ0v) is 24.3. The number of fused-ring (bicyclic) bond motifs is 1. The topological polar surface area (TPSA) is 116 Å². The molecule has 2 aromatic rings. The number of carbonyl (C=O) groups excluding carboxylic acids is 1. The molecule has 1 amide bonds. The van der Waals surface area contributed by atoms with Crippen LogP contribution in [0.2, 0.25) is 0 Å². The molecule has 0 aromatic carbocycles. The van der Waals surface area contributed by atoms with Crippen molar-refractivity contribution in [3.05, 3.63) is 57.4 Å². The van der Waals surface area contributed by atoms with Crippen LogP contribution in [0.3, 0.4) is 0 Å². The Morgan fingerprint density at radius 2 is 1.89 bits per heavy atom. The summed E-state index contributed by atoms with van der Waals surface area (Å²) in [6.07, 6.45) is 6.77. The minimum absolute atomic E-state index is 0.0737. The molecule has 0 spiro atoms. The van der Waals surface area contributed by atoms with Crippen LogP contribution in [0.15, 0.2) is 40.7 Å². The number of anilines is 1. The van der Waals surface area contributed by atoms with Gasteiger partial charge in [-0.1, -0.05) is 36.1 Å². The average molecular weight is 558 g/mol. The standard InChI is InChI=1S/C25H31N5O2S2.C2H4O2/c1-7-10-29-22(32)18(34-23(29)33)11-17-20(26-16-12-24(3,4)28-25(5,6)13-16)27-19-9-8-15(2)14-30(19)21(17)31;1-2(3)4/h7-9,11,14,16,26,28H,1,10,12-13H2,2-6H3;1H3,(H,3,4)/b18-11+;. The summed E-state index contributed by atoms with van der Waals surface area (Å²) in [5, 5.41) is 14.7. The van der Waals surface area contributed by atoms with Gasteiger partial charge in [0.25, 0.3) is 17.4 Å². The molecule has 2 fully saturated rings. The van der Waals surface area contributed by atoms with Gasteiger partial charge in [0, 0.05) is 36.8 Å². The van der Waals surface area contributed by atoms with Gasteiger partial charge in [-0.3, -0.25) is 23.7 Å². The van der Waals surface area contributed by atoms with Gasteiger partial charge in [0.05, 0.1) is 10.5 Å². The molecule has 2 aliphatic heterocycles. The van der Waals surface area contributed by atoms with Crippen LogP contribution in [-0.4, -0.2) is 59.3 Å². The van der Waals surface area contributed by atoms with Gasteiger partial charge in [0.1, 0.15) is 15.8 Å². The maximum absolute atomic E-state index is 13.6. The number of carboxylic acid groups (broad SMARTS) is 1. The predicted octanol–water partition coefficient (Wildman–Crippen LogP) is 4.20. The van der Waals surface area contributed by atoms with Crippen LogP contribution in [0.25, 0.3) is 11.7 Å². The molecule has 0 aliphatic carbocycles. The normalized spacial score (nSPS) is 19.8. The van der Waals surface area contributed by atoms with Crippen LogP contribution in [0, 0.1) is 6.92 Å². The summed E-state index contributed by atoms with van der Waals surface area (Å²) >= 11 is 6.57. The van der Waals surface area contributed by atoms with Gasteiger partial charge in [-0.15, -0.1) is 6.58 Å². The van der Waals surface area contributed by atoms with E-state index >= 15 is 0 Å². The lowest BCUT2D eigenvalue weighted by Gasteiger charge is -2.46. The number of hydrogen-bond donors (Lipinski definition) is 3. The lowest BCUT2D eigenvalue weighted by Crippen LogP contribution is -2.60. The summed E-state index contributed by atoms with van der Waals surface area (Å²) in [7, 11) is 0. The molecule has 4 rings (SSSR count). The van der Waals surface area contributed by atoms with E-state index in [2.05, 4.69) is 44.9 Å². The quantitative estimate of drug-likeness (QED) is 0.283. The van der Waals surface area contributed by atoms with Gasteiger partial charge in [0.15, 0.2) is 0 Å². The molecule has 4 heterocycles. The van der Waals surface area contributed by atoms with Crippen LogP contribution in [0.4, 0.5) is 5.82 Å². The maximum Gasteiger partial charge on any atom is 0.300 e. The summed E-state index contributed by atoms with van der Waals surface area (Å²) in [6, 6.07) is 3.88. The number of pyridine rings is 1. The van der Waals surface area contributed by atoms with Gasteiger partial charge >= 0.3 is 0 Å². The number of thioether (sulfide) groups is 1. The van der Waals surface area contributed by atoms with Crippen molar-refractivity contribution in [2.75, 3.05) is 11.9 Å². The van der Waals surface area contributed by atoms with Crippen LogP contribution in [0.1, 0.15) is 58.6 Å². The molecule has 0 radical (unpaired) electrons. The Hall–Kier alpha value is -3.02. The first-order valence-electron chi connectivity index (χ1n) is 12.3. The van der Waals surface area contributed by atoms with Gasteiger partial charge in [-0.25, -0.2) is 4.98 Å². The maximum atomic E-state index is 13.6. The Labute approximate surface area is 232 Å². The van der Waals surface area contributed by atoms with Crippen molar-refractivity contribution in [1.82, 2.24) is 19.6 Å². The highest BCUT2D eigenvalue weighted by molar-refractivity contribution is 8.26. The van der Waals surface area contributed by atoms with E-state index in [1.54, 1.807) is 18.3 Å². The van der Waals surface area contributed by atoms with Crippen LogP contribution in [0.5, 0.6) is 0 Å². The molecule has 2 saturated heterocycles. The second kappa shape index (κ2) is 11.4. The lowest BCUT2D eigenvalue weighted by molar-refractivity contribution is -0.134. The molecule has 11 heteroatoms. The van der Waals surface area contributed by atoms with Crippen molar-refractivity contribution in [3.8, 4) is 0 Å². The van der Waals surface area contributed by atoms with Crippen molar-refractivity contribution in [2.45, 2.75) is 71.5 Å². The smallest absolute Gasteiger partial charge is 0.300 e. The van der Waals surface area contributed by atoms with Crippen LogP contribution in [-0.2, 0) is 9.59 Å². The number of thiocarbonyl (C=S) groups is 1. The molecule has 0 atom stereocenters. The Morgan fingerprint density at radius 3 is 2.47 bits per heavy atom. The minimum atomic E-state index is -0.833. The number of carbonyl (C=O) groups is 2. The molecule has 0 unspecified atom stereocenters. The zero-order valence-electron chi connectivity index (χ0n) is 22.6. The average Bonchev–Trinajstić information content (AvgIpc) is 3.02. The fourth-order valence-corrected chi connectivity index (χ4v) is 6.29. The van der Waals surface area contributed by atoms with Gasteiger partial charge in [-0.2, -0.15) is 0 Å². The molecule has 0 bridgehead atoms. The number of aliphatic carboxylic acids is 1. The summed E-state index contributed by atoms with van der Waals surface area (Å²) in [4.78, 5) is 42.3. The Kier molecular flexibility index (Phi) is 8.85. The first kappa shape index (κ1) is 29.5. The van der Waals surface area contributed by atoms with E-state index in [1.165, 1.54) is 21.1 Å². The van der Waals surface area contributed by atoms with E-state index in [1.807, 2.05) is 19.1 Å². The van der Waals surface area contributed by atoms with Gasteiger partial charge in [0.2, 0.25) is 0 Å². The highest BCUT2D eigenvalue weighted by atomic mass is 32.2. The Balaban J connectivity index is 0.000000934. The number of nitrogens with zero attached hydrogens (tertiary/aromatic N) is 3. The number of carboxylic acids is 1. The molecule has 38 heavy (non-hydrogen) atoms. The first-order chi connectivity index (χ1) is 17.6. The number of piperidine rings is 1. The molecule has 2 aliphatic rings. The molecule has 3 N–H and O–H groups in total.